The van der Waals surface area contributed by atoms with Crippen molar-refractivity contribution in [3.8, 4) is 0 Å². The van der Waals surface area contributed by atoms with Gasteiger partial charge in [-0.25, -0.2) is 4.79 Å². The third-order valence-corrected chi connectivity index (χ3v) is 5.91. The second-order valence-electron chi connectivity index (χ2n) is 3.64. The highest BCUT2D eigenvalue weighted by Gasteiger charge is 2.28. The zero-order valence-corrected chi connectivity index (χ0v) is 13.6. The predicted octanol–water partition coefficient (Wildman–Crippen LogP) is 4.44. The number of carbonyl (C=O) groups excluding carboxylic acids is 1. The van der Waals surface area contributed by atoms with Crippen LogP contribution in [0.3, 0.4) is 0 Å². The number of alkyl carbamates (subject to hydrolysis) is 1. The first kappa shape index (κ1) is 16.8. The van der Waals surface area contributed by atoms with Crippen LogP contribution in [0.1, 0.15) is 33.6 Å². The molecule has 3 nitrogen and oxygen atoms in total. The van der Waals surface area contributed by atoms with Gasteiger partial charge in [0.1, 0.15) is 6.61 Å². The predicted molar refractivity (Wildman–Crippen MR) is 83.4 cm³/mol. The smallest absolute Gasteiger partial charge is 0.408 e. The summed E-state index contributed by atoms with van der Waals surface area (Å²) in [6, 6.07) is 0. The van der Waals surface area contributed by atoms with Crippen molar-refractivity contribution in [2.45, 2.75) is 38.5 Å². The molecule has 0 unspecified atom stereocenters. The van der Waals surface area contributed by atoms with E-state index in [1.54, 1.807) is 8.93 Å². The van der Waals surface area contributed by atoms with Gasteiger partial charge in [-0.2, -0.15) is 0 Å². The largest absolute Gasteiger partial charge is 0.445 e. The molecule has 0 radical (unpaired) electrons. The van der Waals surface area contributed by atoms with Crippen molar-refractivity contribution < 1.29 is 9.53 Å². The Morgan fingerprint density at radius 3 is 2.53 bits per heavy atom. The molecular formula is C12H20INO2S. The Hall–Kier alpha value is -0.170. The summed E-state index contributed by atoms with van der Waals surface area (Å²) in [5.41, 5.74) is 0.781. The average molecular weight is 369 g/mol. The lowest BCUT2D eigenvalue weighted by Gasteiger charge is -2.29. The van der Waals surface area contributed by atoms with Crippen molar-refractivity contribution in [1.29, 1.82) is 0 Å². The Kier molecular flexibility index (Phi) is 8.77. The molecule has 17 heavy (non-hydrogen) atoms. The molecule has 1 N–H and O–H groups in total. The normalized spacial score (nSPS) is 11.5. The first-order chi connectivity index (χ1) is 8.03. The van der Waals surface area contributed by atoms with E-state index in [2.05, 4.69) is 33.1 Å². The van der Waals surface area contributed by atoms with Crippen LogP contribution in [0.2, 0.25) is 0 Å². The highest BCUT2D eigenvalue weighted by Crippen LogP contribution is 2.35. The fraction of sp³-hybridized carbons (Fsp3) is 0.583. The maximum atomic E-state index is 11.6. The summed E-state index contributed by atoms with van der Waals surface area (Å²) in [6.45, 7) is 10.0. The van der Waals surface area contributed by atoms with Gasteiger partial charge in [0.05, 0.1) is 4.87 Å². The van der Waals surface area contributed by atoms with Crippen LogP contribution < -0.4 is 5.32 Å². The second kappa shape index (κ2) is 8.85. The highest BCUT2D eigenvalue weighted by atomic mass is 127. The Labute approximate surface area is 120 Å². The molecule has 0 spiro atoms. The summed E-state index contributed by atoms with van der Waals surface area (Å²) in [4.78, 5) is 11.4. The van der Waals surface area contributed by atoms with E-state index in [0.29, 0.717) is 0 Å². The zero-order chi connectivity index (χ0) is 13.3. The van der Waals surface area contributed by atoms with Gasteiger partial charge in [0.2, 0.25) is 0 Å². The molecule has 0 aliphatic heterocycles. The van der Waals surface area contributed by atoms with Gasteiger partial charge in [0, 0.05) is 0 Å². The molecule has 0 bridgehead atoms. The fourth-order valence-electron chi connectivity index (χ4n) is 1.22. The Bertz CT molecular complexity index is 280. The van der Waals surface area contributed by atoms with E-state index >= 15 is 0 Å². The third kappa shape index (κ3) is 6.35. The highest BCUT2D eigenvalue weighted by molar-refractivity contribution is 14.2. The number of hydrogen-bond donors (Lipinski definition) is 1. The lowest BCUT2D eigenvalue weighted by atomic mass is 10.1. The maximum Gasteiger partial charge on any atom is 0.408 e. The van der Waals surface area contributed by atoms with Crippen LogP contribution in [-0.4, -0.2) is 17.6 Å². The average Bonchev–Trinajstić information content (AvgIpc) is 2.34. The van der Waals surface area contributed by atoms with Crippen molar-refractivity contribution in [1.82, 2.24) is 5.32 Å². The first-order valence-electron chi connectivity index (χ1n) is 5.58. The van der Waals surface area contributed by atoms with E-state index in [1.807, 2.05) is 32.9 Å². The number of carbonyl (C=O) groups is 1. The summed E-state index contributed by atoms with van der Waals surface area (Å²) in [7, 11) is 1.61. The van der Waals surface area contributed by atoms with E-state index in [-0.39, 0.29) is 17.6 Å². The number of amides is 1. The number of ether oxygens (including phenoxy) is 1. The molecule has 0 aromatic carbocycles. The number of hydrogen-bond acceptors (Lipinski definition) is 3. The Morgan fingerprint density at radius 1 is 1.53 bits per heavy atom. The summed E-state index contributed by atoms with van der Waals surface area (Å²) in [5.74, 6) is 0. The molecule has 1 amide bonds. The van der Waals surface area contributed by atoms with E-state index in [1.165, 1.54) is 0 Å². The molecular weight excluding hydrogens is 349 g/mol. The molecule has 5 heteroatoms. The fourth-order valence-corrected chi connectivity index (χ4v) is 3.76. The van der Waals surface area contributed by atoms with E-state index in [9.17, 15) is 4.79 Å². The molecule has 0 aliphatic carbocycles. The van der Waals surface area contributed by atoms with Crippen molar-refractivity contribution in [2.75, 3.05) is 6.61 Å². The molecule has 0 heterocycles. The number of nitrogens with one attached hydrogen (secondary N) is 1. The van der Waals surface area contributed by atoms with Crippen molar-refractivity contribution in [3.63, 3.8) is 0 Å². The zero-order valence-electron chi connectivity index (χ0n) is 10.6. The van der Waals surface area contributed by atoms with E-state index in [4.69, 9.17) is 4.74 Å². The Morgan fingerprint density at radius 2 is 2.12 bits per heavy atom. The van der Waals surface area contributed by atoms with Crippen molar-refractivity contribution >= 4 is 36.2 Å². The lowest BCUT2D eigenvalue weighted by Crippen LogP contribution is -2.44. The van der Waals surface area contributed by atoms with Crippen LogP contribution in [0.5, 0.6) is 0 Å². The number of allylic oxidation sites excluding steroid dienone is 1. The van der Waals surface area contributed by atoms with Gasteiger partial charge in [-0.15, -0.1) is 0 Å². The molecule has 0 saturated carbocycles. The minimum Gasteiger partial charge on any atom is -0.445 e. The van der Waals surface area contributed by atoms with E-state index < -0.39 is 0 Å². The Balaban J connectivity index is 4.20. The standard InChI is InChI=1S/C12H20INO2S/c1-5-8-10(4)9-16-11(15)14-12(6-2,7-3)17-13/h5,8H,4,6-7,9H2,1-3H3,(H,14,15)/b8-5-. The third-order valence-electron chi connectivity index (χ3n) is 2.41. The van der Waals surface area contributed by atoms with Gasteiger partial charge in [-0.1, -0.05) is 41.5 Å². The minimum atomic E-state index is -0.386. The molecule has 98 valence electrons. The summed E-state index contributed by atoms with van der Waals surface area (Å²) in [5, 5.41) is 2.91. The van der Waals surface area contributed by atoms with Crippen molar-refractivity contribution in [2.24, 2.45) is 0 Å². The van der Waals surface area contributed by atoms with Crippen LogP contribution in [0.15, 0.2) is 24.3 Å². The number of rotatable bonds is 7. The van der Waals surface area contributed by atoms with Crippen LogP contribution in [0, 0.1) is 0 Å². The molecule has 0 atom stereocenters. The van der Waals surface area contributed by atoms with Crippen LogP contribution in [0.25, 0.3) is 0 Å². The minimum absolute atomic E-state index is 0.228. The van der Waals surface area contributed by atoms with Gasteiger partial charge in [0.25, 0.3) is 0 Å². The second-order valence-corrected chi connectivity index (χ2v) is 5.89. The quantitative estimate of drug-likeness (QED) is 0.410. The summed E-state index contributed by atoms with van der Waals surface area (Å²) in [6.07, 6.45) is 5.03. The molecule has 0 saturated heterocycles. The van der Waals surface area contributed by atoms with Crippen LogP contribution >= 0.6 is 30.1 Å². The van der Waals surface area contributed by atoms with Gasteiger partial charge >= 0.3 is 6.09 Å². The molecule has 0 rings (SSSR count). The molecule has 0 aromatic heterocycles. The molecule has 0 aromatic rings. The van der Waals surface area contributed by atoms with Crippen molar-refractivity contribution in [3.05, 3.63) is 24.3 Å². The maximum absolute atomic E-state index is 11.6. The molecule has 0 fully saturated rings. The van der Waals surface area contributed by atoms with Crippen LogP contribution in [0.4, 0.5) is 4.79 Å². The van der Waals surface area contributed by atoms with Gasteiger partial charge in [-0.3, -0.25) is 0 Å². The lowest BCUT2D eigenvalue weighted by molar-refractivity contribution is 0.149. The van der Waals surface area contributed by atoms with E-state index in [0.717, 1.165) is 18.4 Å². The van der Waals surface area contributed by atoms with Crippen LogP contribution in [-0.2, 0) is 4.74 Å². The first-order valence-corrected chi connectivity index (χ1v) is 8.94. The van der Waals surface area contributed by atoms with Gasteiger partial charge in [-0.05, 0) is 46.5 Å². The molecule has 0 aliphatic rings. The monoisotopic (exact) mass is 369 g/mol. The SMILES string of the molecule is C=C(/C=C\C)COC(=O)NC(CC)(CC)SI. The van der Waals surface area contributed by atoms with Gasteiger partial charge < -0.3 is 10.1 Å². The number of halogens is 1. The van der Waals surface area contributed by atoms with Gasteiger partial charge in [0.15, 0.2) is 0 Å². The summed E-state index contributed by atoms with van der Waals surface area (Å²) < 4.78 is 5.10. The topological polar surface area (TPSA) is 38.3 Å². The summed E-state index contributed by atoms with van der Waals surface area (Å²) >= 11 is 2.21.